The second-order valence-corrected chi connectivity index (χ2v) is 8.27. The van der Waals surface area contributed by atoms with Crippen molar-refractivity contribution in [3.63, 3.8) is 0 Å². The molecule has 2 unspecified atom stereocenters. The molecule has 5 nitrogen and oxygen atoms in total. The van der Waals surface area contributed by atoms with E-state index in [2.05, 4.69) is 15.4 Å². The zero-order valence-corrected chi connectivity index (χ0v) is 14.7. The van der Waals surface area contributed by atoms with Gasteiger partial charge in [-0.1, -0.05) is 47.1 Å². The van der Waals surface area contributed by atoms with Gasteiger partial charge in [-0.25, -0.2) is 0 Å². The van der Waals surface area contributed by atoms with Crippen LogP contribution in [0.2, 0.25) is 5.15 Å². The monoisotopic (exact) mass is 351 g/mol. The number of nitrogens with zero attached hydrogens (tertiary/aromatic N) is 2. The molecule has 0 saturated carbocycles. The Morgan fingerprint density at radius 3 is 2.65 bits per heavy atom. The van der Waals surface area contributed by atoms with Crippen LogP contribution in [-0.4, -0.2) is 25.1 Å². The molecule has 1 aromatic carbocycles. The van der Waals surface area contributed by atoms with Gasteiger partial charge in [0.25, 0.3) is 0 Å². The van der Waals surface area contributed by atoms with Crippen molar-refractivity contribution in [1.82, 2.24) is 10.2 Å². The van der Waals surface area contributed by atoms with Gasteiger partial charge in [-0.2, -0.15) is 5.10 Å². The molecule has 1 aromatic heterocycles. The Morgan fingerprint density at radius 2 is 2.04 bits per heavy atom. The maximum Gasteiger partial charge on any atom is 0.148 e. The highest BCUT2D eigenvalue weighted by Gasteiger charge is 2.35. The van der Waals surface area contributed by atoms with Gasteiger partial charge >= 0.3 is 0 Å². The molecule has 7 heteroatoms. The first-order valence-corrected chi connectivity index (χ1v) is 8.93. The number of halogens is 1. The van der Waals surface area contributed by atoms with Crippen LogP contribution in [0.1, 0.15) is 38.0 Å². The van der Waals surface area contributed by atoms with Gasteiger partial charge in [-0.15, -0.1) is 0 Å². The van der Waals surface area contributed by atoms with E-state index >= 15 is 0 Å². The maximum absolute atomic E-state index is 12.9. The van der Waals surface area contributed by atoms with Crippen LogP contribution in [0.4, 0.5) is 0 Å². The second-order valence-electron chi connectivity index (χ2n) is 6.12. The predicted octanol–water partition coefficient (Wildman–Crippen LogP) is 4.05. The van der Waals surface area contributed by atoms with Crippen molar-refractivity contribution in [2.24, 2.45) is 5.16 Å². The fraction of sp³-hybridized carbons (Fsp3) is 0.375. The molecule has 1 aliphatic rings. The third-order valence-corrected chi connectivity index (χ3v) is 5.59. The van der Waals surface area contributed by atoms with Crippen molar-refractivity contribution >= 4 is 27.4 Å². The molecule has 0 amide bonds. The third kappa shape index (κ3) is 3.19. The summed E-state index contributed by atoms with van der Waals surface area (Å²) in [6.07, 6.45) is 0.542. The number of aromatic nitrogens is 2. The molecule has 23 heavy (non-hydrogen) atoms. The molecule has 1 N–H and O–H groups in total. The molecule has 3 rings (SSSR count). The average Bonchev–Trinajstić information content (AvgIpc) is 3.09. The van der Waals surface area contributed by atoms with Crippen molar-refractivity contribution in [2.45, 2.75) is 38.0 Å². The Kier molecular flexibility index (Phi) is 4.29. The van der Waals surface area contributed by atoms with Crippen LogP contribution in [0.25, 0.3) is 11.3 Å². The summed E-state index contributed by atoms with van der Waals surface area (Å²) in [5.74, 6) is 0. The Balaban J connectivity index is 1.93. The number of H-pyrrole nitrogens is 1. The van der Waals surface area contributed by atoms with E-state index in [0.717, 1.165) is 16.8 Å². The fourth-order valence-corrected chi connectivity index (χ4v) is 4.35. The van der Waals surface area contributed by atoms with E-state index in [4.69, 9.17) is 16.4 Å². The second kappa shape index (κ2) is 6.09. The first-order valence-electron chi connectivity index (χ1n) is 7.34. The minimum atomic E-state index is -1.33. The highest BCUT2D eigenvalue weighted by Crippen LogP contribution is 2.36. The Bertz CT molecular complexity index is 771. The zero-order chi connectivity index (χ0) is 16.6. The van der Waals surface area contributed by atoms with Gasteiger partial charge in [0.05, 0.1) is 21.7 Å². The standard InChI is InChI=1S/C16H18ClN3O2S/c1-10(23(21)12-9-16(2,3)22-20-12)13-14(18-19-15(13)17)11-7-5-4-6-8-11/h4-8,10H,9H2,1-3H3,(H,18,19). The minimum Gasteiger partial charge on any atom is -0.389 e. The lowest BCUT2D eigenvalue weighted by atomic mass is 10.1. The largest absolute Gasteiger partial charge is 0.389 e. The molecule has 0 bridgehead atoms. The number of oxime groups is 1. The van der Waals surface area contributed by atoms with E-state index in [9.17, 15) is 4.21 Å². The van der Waals surface area contributed by atoms with Gasteiger partial charge in [0.1, 0.15) is 15.8 Å². The molecule has 2 atom stereocenters. The summed E-state index contributed by atoms with van der Waals surface area (Å²) < 4.78 is 12.9. The molecular formula is C16H18ClN3O2S. The summed E-state index contributed by atoms with van der Waals surface area (Å²) in [7, 11) is -1.33. The fourth-order valence-electron chi connectivity index (χ4n) is 2.54. The molecule has 0 saturated heterocycles. The quantitative estimate of drug-likeness (QED) is 0.906. The van der Waals surface area contributed by atoms with Gasteiger partial charge in [0.15, 0.2) is 0 Å². The van der Waals surface area contributed by atoms with Crippen LogP contribution >= 0.6 is 11.6 Å². The first-order chi connectivity index (χ1) is 10.9. The number of rotatable bonds is 3. The summed E-state index contributed by atoms with van der Waals surface area (Å²) in [6, 6.07) is 9.70. The molecule has 122 valence electrons. The molecule has 2 aromatic rings. The minimum absolute atomic E-state index is 0.340. The zero-order valence-electron chi connectivity index (χ0n) is 13.2. The van der Waals surface area contributed by atoms with Crippen LogP contribution < -0.4 is 0 Å². The smallest absolute Gasteiger partial charge is 0.148 e. The lowest BCUT2D eigenvalue weighted by Gasteiger charge is -2.14. The van der Waals surface area contributed by atoms with Gasteiger partial charge in [-0.05, 0) is 20.8 Å². The number of hydrogen-bond donors (Lipinski definition) is 1. The molecule has 1 aliphatic heterocycles. The maximum atomic E-state index is 12.9. The van der Waals surface area contributed by atoms with Crippen LogP contribution in [0.3, 0.4) is 0 Å². The number of nitrogens with one attached hydrogen (secondary N) is 1. The normalized spacial score (nSPS) is 19.0. The van der Waals surface area contributed by atoms with Crippen LogP contribution in [-0.2, 0) is 15.6 Å². The highest BCUT2D eigenvalue weighted by molar-refractivity contribution is 8.00. The number of hydrogen-bond acceptors (Lipinski definition) is 4. The Hall–Kier alpha value is -1.66. The van der Waals surface area contributed by atoms with Crippen molar-refractivity contribution in [3.8, 4) is 11.3 Å². The van der Waals surface area contributed by atoms with E-state index in [1.54, 1.807) is 0 Å². The molecule has 2 heterocycles. The molecule has 0 radical (unpaired) electrons. The summed E-state index contributed by atoms with van der Waals surface area (Å²) in [4.78, 5) is 5.33. The van der Waals surface area contributed by atoms with Crippen LogP contribution in [0.15, 0.2) is 35.5 Å². The summed E-state index contributed by atoms with van der Waals surface area (Å²) >= 11 is 6.27. The average molecular weight is 352 g/mol. The third-order valence-electron chi connectivity index (χ3n) is 3.74. The Labute approximate surface area is 142 Å². The van der Waals surface area contributed by atoms with Crippen molar-refractivity contribution < 1.29 is 9.05 Å². The van der Waals surface area contributed by atoms with E-state index in [-0.39, 0.29) is 5.25 Å². The van der Waals surface area contributed by atoms with Crippen LogP contribution in [0, 0.1) is 0 Å². The van der Waals surface area contributed by atoms with Gasteiger partial charge in [0, 0.05) is 17.5 Å². The lowest BCUT2D eigenvalue weighted by Crippen LogP contribution is -2.21. The van der Waals surface area contributed by atoms with E-state index in [0.29, 0.717) is 16.6 Å². The van der Waals surface area contributed by atoms with E-state index in [1.807, 2.05) is 51.1 Å². The first kappa shape index (κ1) is 16.2. The Morgan fingerprint density at radius 1 is 1.35 bits per heavy atom. The van der Waals surface area contributed by atoms with Crippen molar-refractivity contribution in [1.29, 1.82) is 0 Å². The van der Waals surface area contributed by atoms with Gasteiger partial charge < -0.3 is 4.84 Å². The van der Waals surface area contributed by atoms with Crippen molar-refractivity contribution in [3.05, 3.63) is 41.0 Å². The molecular weight excluding hydrogens is 334 g/mol. The van der Waals surface area contributed by atoms with Gasteiger partial charge in [-0.3, -0.25) is 9.31 Å². The topological polar surface area (TPSA) is 67.3 Å². The molecule has 0 spiro atoms. The summed E-state index contributed by atoms with van der Waals surface area (Å²) in [5.41, 5.74) is 1.98. The summed E-state index contributed by atoms with van der Waals surface area (Å²) in [6.45, 7) is 5.71. The van der Waals surface area contributed by atoms with Gasteiger partial charge in [0.2, 0.25) is 0 Å². The van der Waals surface area contributed by atoms with Crippen LogP contribution in [0.5, 0.6) is 0 Å². The van der Waals surface area contributed by atoms with E-state index < -0.39 is 16.4 Å². The number of benzene rings is 1. The van der Waals surface area contributed by atoms with Crippen molar-refractivity contribution in [2.75, 3.05) is 0 Å². The SMILES string of the molecule is CC(c1c(-c2ccccc2)n[nH]c1Cl)S(=O)C1=NOC(C)(C)C1. The van der Waals surface area contributed by atoms with E-state index in [1.165, 1.54) is 0 Å². The lowest BCUT2D eigenvalue weighted by molar-refractivity contribution is 0.0123. The molecule has 0 aliphatic carbocycles. The number of aromatic amines is 1. The highest BCUT2D eigenvalue weighted by atomic mass is 35.5. The predicted molar refractivity (Wildman–Crippen MR) is 92.8 cm³/mol. The molecule has 0 fully saturated rings. The summed E-state index contributed by atoms with van der Waals surface area (Å²) in [5, 5.41) is 11.7.